The van der Waals surface area contributed by atoms with Crippen LogP contribution in [0.5, 0.6) is 0 Å². The van der Waals surface area contributed by atoms with Gasteiger partial charge in [-0.3, -0.25) is 0 Å². The number of methoxy groups -OCH3 is 2. The van der Waals surface area contributed by atoms with E-state index in [2.05, 4.69) is 111 Å². The third-order valence-corrected chi connectivity index (χ3v) is 17.5. The Balaban J connectivity index is 0.000000391. The van der Waals surface area contributed by atoms with Crippen molar-refractivity contribution in [3.63, 3.8) is 0 Å². The first-order valence-corrected chi connectivity index (χ1v) is 26.3. The van der Waals surface area contributed by atoms with Crippen LogP contribution in [0.4, 0.5) is 0 Å². The van der Waals surface area contributed by atoms with Crippen molar-refractivity contribution in [3.05, 3.63) is 92.8 Å². The van der Waals surface area contributed by atoms with Gasteiger partial charge < -0.3 is 25.2 Å². The summed E-state index contributed by atoms with van der Waals surface area (Å²) in [5, 5.41) is 0. The fourth-order valence-corrected chi connectivity index (χ4v) is 12.8. The molecule has 4 aliphatic rings. The predicted octanol–water partition coefficient (Wildman–Crippen LogP) is 10.1. The summed E-state index contributed by atoms with van der Waals surface area (Å²) < 4.78 is 58.5. The molecule has 2 saturated carbocycles. The molecule has 2 aromatic rings. The summed E-state index contributed by atoms with van der Waals surface area (Å²) in [6, 6.07) is 12.9. The van der Waals surface area contributed by atoms with E-state index in [-0.39, 0.29) is 48.0 Å². The minimum Gasteiger partial charge on any atom is -0.694 e. The van der Waals surface area contributed by atoms with Crippen molar-refractivity contribution in [3.8, 4) is 0 Å². The standard InChI is InChI=1S/C25H38BrNO3S.C21H30BrNO2S.C4H7O.CH4.Li/c1-8-18-15-24(13-12-22(18)29-7)16-19-10-11-20(26)14-21(19)25(24,17(3)30-9-2)27-31(28)23(4,5)6;1-6-14-12-21(10-9-18(14)25-5)13-15-7-8-16(22)11-17(15)19(21)23-26(24)20(2,3)4;1-3-5-4-2;;/h10-11,14,18,22,27H,3,8-9,12-13,15-16H2,1-2,4-7H3;7-8,11,14,18H,6,9-10,12-13H2,1-5H3;1,4H2,2H3;1H4;/q;;-1;;+1/t18-,22-,24-,25-,31-;14-,18-,21-,26-;;;/m00.../s1. The predicted molar refractivity (Wildman–Crippen MR) is 273 cm³/mol. The van der Waals surface area contributed by atoms with E-state index in [4.69, 9.17) is 18.6 Å². The molecule has 8 nitrogen and oxygen atoms in total. The Kier molecular flexibility index (Phi) is 23.1. The van der Waals surface area contributed by atoms with Gasteiger partial charge in [0.25, 0.3) is 0 Å². The van der Waals surface area contributed by atoms with E-state index in [1.54, 1.807) is 0 Å². The van der Waals surface area contributed by atoms with Crippen LogP contribution in [0.3, 0.4) is 0 Å². The van der Waals surface area contributed by atoms with Gasteiger partial charge in [0.1, 0.15) is 22.3 Å². The van der Waals surface area contributed by atoms with Gasteiger partial charge in [0.05, 0.1) is 45.0 Å². The summed E-state index contributed by atoms with van der Waals surface area (Å²) >= 11 is 7.28. The number of halogens is 2. The third-order valence-electron chi connectivity index (χ3n) is 13.5. The van der Waals surface area contributed by atoms with Gasteiger partial charge >= 0.3 is 18.9 Å². The van der Waals surface area contributed by atoms with Gasteiger partial charge in [-0.05, 0) is 160 Å². The topological polar surface area (TPSA) is 95.5 Å². The molecule has 356 valence electrons. The molecule has 0 saturated heterocycles. The number of nitrogens with one attached hydrogen (secondary N) is 1. The second-order valence-corrected chi connectivity index (χ2v) is 25.1. The van der Waals surface area contributed by atoms with Crippen LogP contribution in [0.2, 0.25) is 0 Å². The van der Waals surface area contributed by atoms with Crippen LogP contribution in [0.1, 0.15) is 150 Å². The molecule has 9 atom stereocenters. The number of rotatable bonds is 12. The molecule has 0 radical (unpaired) electrons. The van der Waals surface area contributed by atoms with E-state index >= 15 is 0 Å². The number of hydrogen-bond donors (Lipinski definition) is 1. The van der Waals surface area contributed by atoms with Gasteiger partial charge in [0.15, 0.2) is 0 Å². The molecular formula is C51H79Br2LiN2O6S2. The summed E-state index contributed by atoms with van der Waals surface area (Å²) in [6.07, 6.45) is 13.0. The van der Waals surface area contributed by atoms with E-state index in [1.165, 1.54) is 16.7 Å². The number of fused-ring (bicyclic) bond motifs is 2. The van der Waals surface area contributed by atoms with E-state index in [1.807, 2.05) is 69.6 Å². The fourth-order valence-electron chi connectivity index (χ4n) is 10.3. The van der Waals surface area contributed by atoms with Crippen molar-refractivity contribution in [1.29, 1.82) is 0 Å². The monoisotopic (exact) mass is 1040 g/mol. The van der Waals surface area contributed by atoms with E-state index in [0.29, 0.717) is 36.9 Å². The number of benzene rings is 2. The van der Waals surface area contributed by atoms with Crippen LogP contribution in [0.25, 0.3) is 0 Å². The van der Waals surface area contributed by atoms with Crippen molar-refractivity contribution in [2.75, 3.05) is 27.4 Å². The average molecular weight is 1050 g/mol. The van der Waals surface area contributed by atoms with E-state index in [0.717, 1.165) is 84.4 Å². The zero-order chi connectivity index (χ0) is 46.3. The van der Waals surface area contributed by atoms with Gasteiger partial charge in [-0.25, -0.2) is 19.7 Å². The molecule has 2 spiro atoms. The molecule has 0 amide bonds. The molecular weight excluding hydrogens is 967 g/mol. The summed E-state index contributed by atoms with van der Waals surface area (Å²) in [4.78, 5) is 0. The molecule has 64 heavy (non-hydrogen) atoms. The molecule has 2 aromatic carbocycles. The second-order valence-electron chi connectivity index (χ2n) is 19.4. The Morgan fingerprint density at radius 1 is 0.844 bits per heavy atom. The molecule has 0 aromatic heterocycles. The van der Waals surface area contributed by atoms with Crippen LogP contribution in [-0.2, 0) is 59.3 Å². The minimum atomic E-state index is -1.29. The SMILES string of the molecule is C.C=C(OCC)[C@]1(N[S@@](=O)C(C)(C)C)c2cc(Br)ccc2C[C@@]12CC[C@H](OC)[C@@H](CC)C2.C=[C-]OCC.CC[C@H]1C[C@@]2(CC[C@@H]1OC)Cc1ccc(Br)cc1C2=N[S@@](=O)C(C)(C)C.[Li+]. The van der Waals surface area contributed by atoms with Crippen LogP contribution in [-0.4, -0.2) is 63.3 Å². The Morgan fingerprint density at radius 2 is 1.41 bits per heavy atom. The number of nitrogens with zero attached hydrogens (tertiary/aromatic N) is 1. The summed E-state index contributed by atoms with van der Waals surface area (Å²) in [5.41, 5.74) is 5.13. The smallest absolute Gasteiger partial charge is 0.694 e. The van der Waals surface area contributed by atoms with E-state index < -0.39 is 32.3 Å². The van der Waals surface area contributed by atoms with Crippen molar-refractivity contribution >= 4 is 59.5 Å². The molecule has 0 aliphatic heterocycles. The molecule has 1 N–H and O–H groups in total. The molecule has 0 heterocycles. The maximum atomic E-state index is 13.6. The fraction of sp³-hybridized carbons (Fsp3) is 0.667. The van der Waals surface area contributed by atoms with E-state index in [9.17, 15) is 8.42 Å². The number of ether oxygens (including phenoxy) is 4. The molecule has 0 bridgehead atoms. The zero-order valence-corrected chi connectivity index (χ0v) is 45.4. The van der Waals surface area contributed by atoms with Crippen LogP contribution >= 0.6 is 31.9 Å². The Hall–Kier alpha value is -1.07. The molecule has 2 fully saturated rings. The first kappa shape index (κ1) is 59.1. The van der Waals surface area contributed by atoms with Crippen LogP contribution < -0.4 is 23.6 Å². The molecule has 0 unspecified atom stereocenters. The maximum absolute atomic E-state index is 13.6. The minimum absolute atomic E-state index is 0. The largest absolute Gasteiger partial charge is 1.00 e. The maximum Gasteiger partial charge on any atom is 1.00 e. The first-order chi connectivity index (χ1) is 29.2. The van der Waals surface area contributed by atoms with Crippen molar-refractivity contribution in [2.24, 2.45) is 27.1 Å². The third kappa shape index (κ3) is 13.0. The Bertz CT molecular complexity index is 1950. The molecule has 6 rings (SSSR count). The van der Waals surface area contributed by atoms with Crippen molar-refractivity contribution in [1.82, 2.24) is 4.72 Å². The summed E-state index contributed by atoms with van der Waals surface area (Å²) in [7, 11) is 1.11. The van der Waals surface area contributed by atoms with Gasteiger partial charge in [0.2, 0.25) is 0 Å². The second kappa shape index (κ2) is 25.0. The van der Waals surface area contributed by atoms with Crippen molar-refractivity contribution < 1.29 is 46.2 Å². The Labute approximate surface area is 422 Å². The van der Waals surface area contributed by atoms with Gasteiger partial charge in [-0.1, -0.05) is 84.7 Å². The van der Waals surface area contributed by atoms with Gasteiger partial charge in [0, 0.05) is 46.2 Å². The number of hydrogen-bond acceptors (Lipinski definition) is 6. The van der Waals surface area contributed by atoms with Crippen LogP contribution in [0.15, 0.2) is 68.7 Å². The van der Waals surface area contributed by atoms with Gasteiger partial charge in [-0.15, -0.1) is 0 Å². The zero-order valence-electron chi connectivity index (χ0n) is 40.6. The summed E-state index contributed by atoms with van der Waals surface area (Å²) in [5.74, 6) is 1.64. The Morgan fingerprint density at radius 3 is 1.91 bits per heavy atom. The molecule has 4 aliphatic carbocycles. The van der Waals surface area contributed by atoms with Gasteiger partial charge in [-0.2, -0.15) is 4.40 Å². The first-order valence-electron chi connectivity index (χ1n) is 22.5. The average Bonchev–Trinajstić information content (AvgIpc) is 3.65. The molecule has 13 heteroatoms. The van der Waals surface area contributed by atoms with Crippen LogP contribution in [0, 0.1) is 28.9 Å². The quantitative estimate of drug-likeness (QED) is 0.129. The van der Waals surface area contributed by atoms with Crippen molar-refractivity contribution in [2.45, 2.75) is 168 Å². The summed E-state index contributed by atoms with van der Waals surface area (Å²) in [6.45, 7) is 29.2. The normalized spacial score (nSPS) is 28.5.